The maximum atomic E-state index is 10.2. The summed E-state index contributed by atoms with van der Waals surface area (Å²) in [6.07, 6.45) is -0.711. The first-order chi connectivity index (χ1) is 7.07. The van der Waals surface area contributed by atoms with Crippen LogP contribution in [0.1, 0.15) is 17.3 Å². The number of hydrogen-bond acceptors (Lipinski definition) is 3. The van der Waals surface area contributed by atoms with Gasteiger partial charge >= 0.3 is 12.1 Å². The third-order valence-corrected chi connectivity index (χ3v) is 1.31. The Balaban J connectivity index is 0.000000288. The molecule has 0 heterocycles. The Bertz CT molecular complexity index is 310. The molecule has 15 heavy (non-hydrogen) atoms. The Kier molecular flexibility index (Phi) is 6.37. The van der Waals surface area contributed by atoms with Crippen molar-refractivity contribution in [3.05, 3.63) is 35.9 Å². The lowest BCUT2D eigenvalue weighted by molar-refractivity contribution is 0.0697. The lowest BCUT2D eigenvalue weighted by atomic mass is 10.2. The van der Waals surface area contributed by atoms with E-state index in [9.17, 15) is 9.59 Å². The van der Waals surface area contributed by atoms with Crippen LogP contribution in [0.15, 0.2) is 30.3 Å². The molecule has 0 aliphatic carbocycles. The van der Waals surface area contributed by atoms with E-state index in [1.807, 2.05) is 0 Å². The predicted molar refractivity (Wildman–Crippen MR) is 54.6 cm³/mol. The average molecular weight is 211 g/mol. The summed E-state index contributed by atoms with van der Waals surface area (Å²) in [6, 6.07) is 8.30. The predicted octanol–water partition coefficient (Wildman–Crippen LogP) is 1.49. The number of carbonyl (C=O) groups is 2. The topological polar surface area (TPSA) is 89.6 Å². The van der Waals surface area contributed by atoms with Crippen molar-refractivity contribution in [2.24, 2.45) is 5.73 Å². The third kappa shape index (κ3) is 7.06. The molecule has 5 heteroatoms. The van der Waals surface area contributed by atoms with Crippen LogP contribution in [0.25, 0.3) is 0 Å². The fraction of sp³-hybridized carbons (Fsp3) is 0.200. The van der Waals surface area contributed by atoms with Gasteiger partial charge in [-0.25, -0.2) is 9.59 Å². The second kappa shape index (κ2) is 7.37. The van der Waals surface area contributed by atoms with Crippen LogP contribution in [0.3, 0.4) is 0 Å². The minimum atomic E-state index is -0.879. The largest absolute Gasteiger partial charge is 0.478 e. The smallest absolute Gasteiger partial charge is 0.404 e. The first kappa shape index (κ1) is 13.0. The molecule has 0 saturated carbocycles. The minimum absolute atomic E-state index is 0.331. The van der Waals surface area contributed by atoms with Gasteiger partial charge in [-0.2, -0.15) is 0 Å². The molecule has 0 unspecified atom stereocenters. The van der Waals surface area contributed by atoms with Crippen LogP contribution in [0.5, 0.6) is 0 Å². The minimum Gasteiger partial charge on any atom is -0.478 e. The van der Waals surface area contributed by atoms with Gasteiger partial charge in [0.15, 0.2) is 0 Å². The number of benzene rings is 1. The Morgan fingerprint density at radius 1 is 1.33 bits per heavy atom. The molecule has 0 radical (unpaired) electrons. The van der Waals surface area contributed by atoms with Gasteiger partial charge in [0.2, 0.25) is 0 Å². The van der Waals surface area contributed by atoms with Gasteiger partial charge in [-0.1, -0.05) is 18.2 Å². The molecule has 1 aromatic carbocycles. The molecule has 5 nitrogen and oxygen atoms in total. The summed E-state index contributed by atoms with van der Waals surface area (Å²) in [5.74, 6) is -0.879. The number of aromatic carboxylic acids is 1. The highest BCUT2D eigenvalue weighted by atomic mass is 16.5. The highest BCUT2D eigenvalue weighted by molar-refractivity contribution is 5.87. The summed E-state index contributed by atoms with van der Waals surface area (Å²) >= 11 is 0. The van der Waals surface area contributed by atoms with Crippen LogP contribution >= 0.6 is 0 Å². The fourth-order valence-corrected chi connectivity index (χ4v) is 0.723. The third-order valence-electron chi connectivity index (χ3n) is 1.31. The lowest BCUT2D eigenvalue weighted by Crippen LogP contribution is -2.11. The Labute approximate surface area is 87.5 Å². The summed E-state index contributed by atoms with van der Waals surface area (Å²) < 4.78 is 4.18. The molecular formula is C10H13NO4. The molecule has 0 fully saturated rings. The molecule has 0 saturated heterocycles. The molecule has 1 amide bonds. The number of rotatable bonds is 2. The van der Waals surface area contributed by atoms with Crippen LogP contribution in [0.2, 0.25) is 0 Å². The molecule has 82 valence electrons. The standard InChI is InChI=1S/C7H6O2.C3H7NO2/c8-7(9)6-4-2-1-3-5-6;1-2-6-3(4)5/h1-5H,(H,8,9);2H2,1H3,(H2,4,5). The van der Waals surface area contributed by atoms with Gasteiger partial charge in [-0.05, 0) is 19.1 Å². The Morgan fingerprint density at radius 2 is 1.87 bits per heavy atom. The molecule has 1 aromatic rings. The quantitative estimate of drug-likeness (QED) is 0.775. The van der Waals surface area contributed by atoms with E-state index >= 15 is 0 Å². The number of hydrogen-bond donors (Lipinski definition) is 2. The molecule has 0 bridgehead atoms. The van der Waals surface area contributed by atoms with Gasteiger partial charge < -0.3 is 15.6 Å². The number of carboxylic acids is 1. The van der Waals surface area contributed by atoms with E-state index in [2.05, 4.69) is 10.5 Å². The molecule has 3 N–H and O–H groups in total. The molecule has 1 rings (SSSR count). The van der Waals surface area contributed by atoms with Crippen LogP contribution in [0, 0.1) is 0 Å². The zero-order valence-corrected chi connectivity index (χ0v) is 8.34. The maximum Gasteiger partial charge on any atom is 0.404 e. The number of nitrogens with two attached hydrogens (primary N) is 1. The van der Waals surface area contributed by atoms with Crippen LogP contribution < -0.4 is 5.73 Å². The second-order valence-electron chi connectivity index (χ2n) is 2.42. The zero-order chi connectivity index (χ0) is 11.7. The van der Waals surface area contributed by atoms with Crippen molar-refractivity contribution in [1.29, 1.82) is 0 Å². The number of carboxylic acid groups (broad SMARTS) is 1. The van der Waals surface area contributed by atoms with E-state index in [1.54, 1.807) is 37.3 Å². The number of carbonyl (C=O) groups excluding carboxylic acids is 1. The van der Waals surface area contributed by atoms with Gasteiger partial charge in [-0.3, -0.25) is 0 Å². The number of amides is 1. The molecule has 0 aliphatic rings. The number of primary amides is 1. The van der Waals surface area contributed by atoms with Gasteiger partial charge in [0.25, 0.3) is 0 Å². The van der Waals surface area contributed by atoms with Crippen molar-refractivity contribution in [2.45, 2.75) is 6.92 Å². The molecule has 0 spiro atoms. The average Bonchev–Trinajstić information content (AvgIpc) is 2.20. The zero-order valence-electron chi connectivity index (χ0n) is 8.34. The molecule has 0 aromatic heterocycles. The van der Waals surface area contributed by atoms with E-state index in [0.717, 1.165) is 0 Å². The van der Waals surface area contributed by atoms with E-state index < -0.39 is 12.1 Å². The maximum absolute atomic E-state index is 10.2. The van der Waals surface area contributed by atoms with Crippen molar-refractivity contribution in [1.82, 2.24) is 0 Å². The van der Waals surface area contributed by atoms with Crippen molar-refractivity contribution < 1.29 is 19.4 Å². The highest BCUT2D eigenvalue weighted by Gasteiger charge is 1.96. The van der Waals surface area contributed by atoms with Gasteiger partial charge in [-0.15, -0.1) is 0 Å². The Morgan fingerprint density at radius 3 is 2.07 bits per heavy atom. The van der Waals surface area contributed by atoms with Crippen molar-refractivity contribution >= 4 is 12.1 Å². The van der Waals surface area contributed by atoms with Crippen LogP contribution in [-0.2, 0) is 4.74 Å². The first-order valence-electron chi connectivity index (χ1n) is 4.28. The van der Waals surface area contributed by atoms with Crippen molar-refractivity contribution in [3.8, 4) is 0 Å². The summed E-state index contributed by atoms with van der Waals surface area (Å²) in [5, 5.41) is 8.38. The van der Waals surface area contributed by atoms with Gasteiger partial charge in [0.1, 0.15) is 0 Å². The Hall–Kier alpha value is -2.04. The van der Waals surface area contributed by atoms with Gasteiger partial charge in [0, 0.05) is 0 Å². The number of ether oxygens (including phenoxy) is 1. The van der Waals surface area contributed by atoms with E-state index in [1.165, 1.54) is 0 Å². The summed E-state index contributed by atoms with van der Waals surface area (Å²) in [5.41, 5.74) is 4.87. The molecule has 0 aliphatic heterocycles. The molecule has 0 atom stereocenters. The normalized spacial score (nSPS) is 8.33. The lowest BCUT2D eigenvalue weighted by Gasteiger charge is -1.89. The van der Waals surface area contributed by atoms with E-state index in [0.29, 0.717) is 12.2 Å². The summed E-state index contributed by atoms with van der Waals surface area (Å²) in [6.45, 7) is 2.06. The van der Waals surface area contributed by atoms with E-state index in [4.69, 9.17) is 5.11 Å². The van der Waals surface area contributed by atoms with Gasteiger partial charge in [0.05, 0.1) is 12.2 Å². The van der Waals surface area contributed by atoms with Crippen molar-refractivity contribution in [3.63, 3.8) is 0 Å². The van der Waals surface area contributed by atoms with Crippen LogP contribution in [0.4, 0.5) is 4.79 Å². The van der Waals surface area contributed by atoms with E-state index in [-0.39, 0.29) is 0 Å². The summed E-state index contributed by atoms with van der Waals surface area (Å²) in [7, 11) is 0. The first-order valence-corrected chi connectivity index (χ1v) is 4.28. The summed E-state index contributed by atoms with van der Waals surface area (Å²) in [4.78, 5) is 19.8. The second-order valence-corrected chi connectivity index (χ2v) is 2.42. The SMILES string of the molecule is CCOC(N)=O.O=C(O)c1ccccc1. The highest BCUT2D eigenvalue weighted by Crippen LogP contribution is 1.96. The van der Waals surface area contributed by atoms with Crippen molar-refractivity contribution in [2.75, 3.05) is 6.61 Å². The van der Waals surface area contributed by atoms with Crippen LogP contribution in [-0.4, -0.2) is 23.8 Å². The molecular weight excluding hydrogens is 198 g/mol. The fourth-order valence-electron chi connectivity index (χ4n) is 0.723. The monoisotopic (exact) mass is 211 g/mol.